The Bertz CT molecular complexity index is 466. The first kappa shape index (κ1) is 13.6. The molecular weight excluding hydrogens is 256 g/mol. The van der Waals surface area contributed by atoms with Gasteiger partial charge in [-0.25, -0.2) is 0 Å². The lowest BCUT2D eigenvalue weighted by Crippen LogP contribution is -1.89. The van der Waals surface area contributed by atoms with Crippen molar-refractivity contribution in [3.63, 3.8) is 0 Å². The molecule has 0 amide bonds. The van der Waals surface area contributed by atoms with E-state index in [-0.39, 0.29) is 0 Å². The Morgan fingerprint density at radius 1 is 0.833 bits per heavy atom. The highest BCUT2D eigenvalue weighted by Crippen LogP contribution is 2.21. The van der Waals surface area contributed by atoms with E-state index in [9.17, 15) is 0 Å². The lowest BCUT2D eigenvalue weighted by molar-refractivity contribution is 1.30. The number of hydrogen-bond acceptors (Lipinski definition) is 2. The van der Waals surface area contributed by atoms with Gasteiger partial charge in [0, 0.05) is 22.2 Å². The van der Waals surface area contributed by atoms with Crippen molar-refractivity contribution in [3.8, 4) is 0 Å². The van der Waals surface area contributed by atoms with Crippen LogP contribution in [0.5, 0.6) is 0 Å². The van der Waals surface area contributed by atoms with E-state index in [2.05, 4.69) is 61.5 Å². The number of aryl methyl sites for hydroxylation is 1. The van der Waals surface area contributed by atoms with Crippen LogP contribution in [-0.2, 0) is 5.75 Å². The van der Waals surface area contributed by atoms with Crippen molar-refractivity contribution >= 4 is 23.5 Å². The van der Waals surface area contributed by atoms with E-state index >= 15 is 0 Å². The van der Waals surface area contributed by atoms with Crippen molar-refractivity contribution in [3.05, 3.63) is 65.7 Å². The zero-order chi connectivity index (χ0) is 12.6. The minimum atomic E-state index is 1.13. The molecule has 0 nitrogen and oxygen atoms in total. The monoisotopic (exact) mass is 274 g/mol. The van der Waals surface area contributed by atoms with Crippen molar-refractivity contribution in [2.45, 2.75) is 17.6 Å². The van der Waals surface area contributed by atoms with Crippen LogP contribution in [0.2, 0.25) is 0 Å². The second-order valence-electron chi connectivity index (χ2n) is 4.14. The molecule has 0 saturated heterocycles. The van der Waals surface area contributed by atoms with E-state index in [1.807, 2.05) is 23.5 Å². The molecule has 0 bridgehead atoms. The largest absolute Gasteiger partial charge is 0.156 e. The zero-order valence-electron chi connectivity index (χ0n) is 10.6. The summed E-state index contributed by atoms with van der Waals surface area (Å²) in [6.07, 6.45) is 0. The van der Waals surface area contributed by atoms with Crippen LogP contribution >= 0.6 is 23.5 Å². The van der Waals surface area contributed by atoms with E-state index in [0.717, 1.165) is 5.75 Å². The molecule has 0 atom stereocenters. The van der Waals surface area contributed by atoms with Gasteiger partial charge >= 0.3 is 0 Å². The van der Waals surface area contributed by atoms with Crippen LogP contribution in [0.4, 0.5) is 0 Å². The van der Waals surface area contributed by atoms with Crippen LogP contribution in [0.15, 0.2) is 59.5 Å². The molecule has 0 aliphatic heterocycles. The summed E-state index contributed by atoms with van der Waals surface area (Å²) in [5, 5.41) is 0. The van der Waals surface area contributed by atoms with Gasteiger partial charge in [-0.05, 0) is 30.2 Å². The van der Waals surface area contributed by atoms with Gasteiger partial charge in [-0.15, -0.1) is 11.8 Å². The van der Waals surface area contributed by atoms with Crippen LogP contribution in [0, 0.1) is 6.92 Å². The quantitative estimate of drug-likeness (QED) is 0.536. The third-order valence-corrected chi connectivity index (χ3v) is 5.04. The second-order valence-corrected chi connectivity index (χ2v) is 6.41. The lowest BCUT2D eigenvalue weighted by Gasteiger charge is -2.05. The molecule has 0 saturated carbocycles. The number of thioether (sulfide) groups is 2. The Kier molecular flexibility index (Phi) is 5.69. The van der Waals surface area contributed by atoms with Gasteiger partial charge in [-0.1, -0.05) is 42.5 Å². The van der Waals surface area contributed by atoms with Crippen LogP contribution in [-0.4, -0.2) is 11.5 Å². The average Bonchev–Trinajstić information content (AvgIpc) is 2.42. The van der Waals surface area contributed by atoms with Crippen LogP contribution in [0.3, 0.4) is 0 Å². The molecule has 0 heterocycles. The van der Waals surface area contributed by atoms with Gasteiger partial charge in [0.1, 0.15) is 0 Å². The molecule has 0 aromatic heterocycles. The summed E-state index contributed by atoms with van der Waals surface area (Å²) in [4.78, 5) is 1.37. The maximum atomic E-state index is 2.23. The smallest absolute Gasteiger partial charge is 0.0187 e. The molecule has 0 aliphatic carbocycles. The first-order chi connectivity index (χ1) is 8.86. The van der Waals surface area contributed by atoms with Crippen LogP contribution in [0.1, 0.15) is 11.1 Å². The van der Waals surface area contributed by atoms with E-state index < -0.39 is 0 Å². The van der Waals surface area contributed by atoms with Crippen molar-refractivity contribution in [1.82, 2.24) is 0 Å². The lowest BCUT2D eigenvalue weighted by atomic mass is 10.1. The molecule has 0 spiro atoms. The van der Waals surface area contributed by atoms with Gasteiger partial charge in [0.25, 0.3) is 0 Å². The summed E-state index contributed by atoms with van der Waals surface area (Å²) in [6.45, 7) is 2.19. The highest BCUT2D eigenvalue weighted by molar-refractivity contribution is 8.02. The highest BCUT2D eigenvalue weighted by Gasteiger charge is 1.98. The Labute approximate surface area is 118 Å². The van der Waals surface area contributed by atoms with Gasteiger partial charge < -0.3 is 0 Å². The predicted octanol–water partition coefficient (Wildman–Crippen LogP) is 5.02. The predicted molar refractivity (Wildman–Crippen MR) is 84.5 cm³/mol. The second kappa shape index (κ2) is 7.55. The van der Waals surface area contributed by atoms with Gasteiger partial charge in [-0.3, -0.25) is 0 Å². The summed E-state index contributed by atoms with van der Waals surface area (Å²) in [5.41, 5.74) is 2.87. The van der Waals surface area contributed by atoms with Crippen molar-refractivity contribution in [1.29, 1.82) is 0 Å². The summed E-state index contributed by atoms with van der Waals surface area (Å²) >= 11 is 3.96. The van der Waals surface area contributed by atoms with E-state index in [0.29, 0.717) is 0 Å². The Morgan fingerprint density at radius 3 is 2.33 bits per heavy atom. The van der Waals surface area contributed by atoms with Crippen molar-refractivity contribution in [2.24, 2.45) is 0 Å². The topological polar surface area (TPSA) is 0 Å². The SMILES string of the molecule is Cc1ccccc1CSCCSc1ccccc1. The number of rotatable bonds is 6. The molecule has 0 aliphatic rings. The third-order valence-electron chi connectivity index (χ3n) is 2.76. The average molecular weight is 274 g/mol. The molecular formula is C16H18S2. The van der Waals surface area contributed by atoms with Gasteiger partial charge in [0.2, 0.25) is 0 Å². The molecule has 18 heavy (non-hydrogen) atoms. The van der Waals surface area contributed by atoms with Gasteiger partial charge in [0.15, 0.2) is 0 Å². The number of hydrogen-bond donors (Lipinski definition) is 0. The Balaban J connectivity index is 1.66. The molecule has 2 aromatic rings. The van der Waals surface area contributed by atoms with Gasteiger partial charge in [0.05, 0.1) is 0 Å². The van der Waals surface area contributed by atoms with Crippen LogP contribution in [0.25, 0.3) is 0 Å². The van der Waals surface area contributed by atoms with E-state index in [1.165, 1.54) is 27.5 Å². The summed E-state index contributed by atoms with van der Waals surface area (Å²) in [6, 6.07) is 19.3. The summed E-state index contributed by atoms with van der Waals surface area (Å²) in [7, 11) is 0. The highest BCUT2D eigenvalue weighted by atomic mass is 32.2. The van der Waals surface area contributed by atoms with Crippen molar-refractivity contribution in [2.75, 3.05) is 11.5 Å². The van der Waals surface area contributed by atoms with Gasteiger partial charge in [-0.2, -0.15) is 11.8 Å². The molecule has 0 N–H and O–H groups in total. The molecule has 0 fully saturated rings. The summed E-state index contributed by atoms with van der Waals surface area (Å²) in [5.74, 6) is 3.51. The van der Waals surface area contributed by atoms with E-state index in [1.54, 1.807) is 0 Å². The Morgan fingerprint density at radius 2 is 1.56 bits per heavy atom. The fraction of sp³-hybridized carbons (Fsp3) is 0.250. The molecule has 2 heteroatoms. The van der Waals surface area contributed by atoms with E-state index in [4.69, 9.17) is 0 Å². The molecule has 0 radical (unpaired) electrons. The first-order valence-corrected chi connectivity index (χ1v) is 8.30. The zero-order valence-corrected chi connectivity index (χ0v) is 12.3. The third kappa shape index (κ3) is 4.43. The first-order valence-electron chi connectivity index (χ1n) is 6.16. The minimum Gasteiger partial charge on any atom is -0.156 e. The number of benzene rings is 2. The molecule has 2 aromatic carbocycles. The summed E-state index contributed by atoms with van der Waals surface area (Å²) < 4.78 is 0. The standard InChI is InChI=1S/C16H18S2/c1-14-7-5-6-8-15(14)13-17-11-12-18-16-9-3-2-4-10-16/h2-10H,11-13H2,1H3. The fourth-order valence-corrected chi connectivity index (χ4v) is 3.77. The minimum absolute atomic E-state index is 1.13. The van der Waals surface area contributed by atoms with Crippen molar-refractivity contribution < 1.29 is 0 Å². The molecule has 2 rings (SSSR count). The molecule has 0 unspecified atom stereocenters. The fourth-order valence-electron chi connectivity index (χ4n) is 1.69. The van der Waals surface area contributed by atoms with Crippen LogP contribution < -0.4 is 0 Å². The Hall–Kier alpha value is -0.860. The maximum Gasteiger partial charge on any atom is 0.0187 e. The maximum absolute atomic E-state index is 2.23. The normalized spacial score (nSPS) is 10.5. The molecule has 94 valence electrons.